The van der Waals surface area contributed by atoms with Crippen LogP contribution in [0.4, 0.5) is 5.69 Å². The first-order valence-electron chi connectivity index (χ1n) is 3.15. The Labute approximate surface area is 77.4 Å². The number of halogens is 1. The Morgan fingerprint density at radius 2 is 2.27 bits per heavy atom. The molecule has 0 aliphatic carbocycles. The largest absolute Gasteiger partial charge is 0.398 e. The number of nitrogens with zero attached hydrogens (tertiary/aromatic N) is 2. The van der Waals surface area contributed by atoms with E-state index in [-0.39, 0.29) is 0 Å². The number of pyridine rings is 1. The predicted molar refractivity (Wildman–Crippen MR) is 52.3 cm³/mol. The molecule has 0 amide bonds. The minimum Gasteiger partial charge on any atom is -0.398 e. The van der Waals surface area contributed by atoms with Crippen molar-refractivity contribution in [2.24, 2.45) is 0 Å². The third-order valence-electron chi connectivity index (χ3n) is 1.51. The van der Waals surface area contributed by atoms with E-state index in [9.17, 15) is 0 Å². The van der Waals surface area contributed by atoms with Crippen LogP contribution in [0.25, 0.3) is 5.52 Å². The fourth-order valence-electron chi connectivity index (χ4n) is 0.984. The van der Waals surface area contributed by atoms with E-state index in [1.807, 2.05) is 22.7 Å². The molecule has 0 bridgehead atoms. The summed E-state index contributed by atoms with van der Waals surface area (Å²) in [6, 6.07) is 3.84. The van der Waals surface area contributed by atoms with Crippen LogP contribution < -0.4 is 5.73 Å². The molecule has 4 heteroatoms. The highest BCUT2D eigenvalue weighted by Gasteiger charge is 1.98. The number of anilines is 1. The second-order valence-corrected chi connectivity index (χ2v) is 3.31. The second kappa shape index (κ2) is 2.37. The van der Waals surface area contributed by atoms with Crippen LogP contribution in [-0.2, 0) is 0 Å². The molecule has 0 aliphatic heterocycles. The lowest BCUT2D eigenvalue weighted by Gasteiger charge is -1.94. The number of fused-ring (bicyclic) bond motifs is 1. The van der Waals surface area contributed by atoms with E-state index in [1.165, 1.54) is 0 Å². The summed E-state index contributed by atoms with van der Waals surface area (Å²) in [6.45, 7) is 0. The maximum absolute atomic E-state index is 5.58. The molecule has 0 spiro atoms. The number of rotatable bonds is 0. The highest BCUT2D eigenvalue weighted by atomic mass is 127. The molecule has 2 N–H and O–H groups in total. The van der Waals surface area contributed by atoms with Gasteiger partial charge in [0, 0.05) is 11.9 Å². The van der Waals surface area contributed by atoms with Gasteiger partial charge in [-0.15, -0.1) is 0 Å². The van der Waals surface area contributed by atoms with Crippen LogP contribution in [0.2, 0.25) is 0 Å². The molecule has 0 atom stereocenters. The number of nitrogens with two attached hydrogens (primary N) is 1. The number of imidazole rings is 1. The minimum absolute atomic E-state index is 0.756. The summed E-state index contributed by atoms with van der Waals surface area (Å²) in [5.41, 5.74) is 7.43. The van der Waals surface area contributed by atoms with Gasteiger partial charge < -0.3 is 10.1 Å². The predicted octanol–water partition coefficient (Wildman–Crippen LogP) is 1.52. The Hall–Kier alpha value is -0.780. The number of hydrogen-bond donors (Lipinski definition) is 1. The van der Waals surface area contributed by atoms with Gasteiger partial charge >= 0.3 is 0 Å². The summed E-state index contributed by atoms with van der Waals surface area (Å²) >= 11 is 2.19. The van der Waals surface area contributed by atoms with Gasteiger partial charge in [-0.25, -0.2) is 4.98 Å². The van der Waals surface area contributed by atoms with Gasteiger partial charge in [-0.2, -0.15) is 0 Å². The van der Waals surface area contributed by atoms with Crippen LogP contribution in [-0.4, -0.2) is 9.38 Å². The van der Waals surface area contributed by atoms with Gasteiger partial charge in [0.05, 0.1) is 5.52 Å². The van der Waals surface area contributed by atoms with Gasteiger partial charge in [0.2, 0.25) is 0 Å². The molecule has 11 heavy (non-hydrogen) atoms. The summed E-state index contributed by atoms with van der Waals surface area (Å²) in [6.07, 6.45) is 3.61. The third-order valence-corrected chi connectivity index (χ3v) is 2.34. The molecular formula is C7H6IN3. The first-order chi connectivity index (χ1) is 5.27. The van der Waals surface area contributed by atoms with Gasteiger partial charge in [0.15, 0.2) is 0 Å². The normalized spacial score (nSPS) is 10.6. The van der Waals surface area contributed by atoms with E-state index in [4.69, 9.17) is 5.73 Å². The van der Waals surface area contributed by atoms with Crippen molar-refractivity contribution in [2.75, 3.05) is 5.73 Å². The lowest BCUT2D eigenvalue weighted by atomic mass is 10.4. The maximum atomic E-state index is 5.58. The molecule has 0 aliphatic rings. The molecular weight excluding hydrogens is 253 g/mol. The lowest BCUT2D eigenvalue weighted by molar-refractivity contribution is 1.16. The number of aromatic nitrogens is 2. The SMILES string of the molecule is Nc1ccc2c(I)ncn2c1. The van der Waals surface area contributed by atoms with Crippen molar-refractivity contribution in [3.05, 3.63) is 28.4 Å². The zero-order valence-electron chi connectivity index (χ0n) is 5.66. The fourth-order valence-corrected chi connectivity index (χ4v) is 1.57. The maximum Gasteiger partial charge on any atom is 0.127 e. The molecule has 0 saturated carbocycles. The third kappa shape index (κ3) is 1.07. The zero-order chi connectivity index (χ0) is 7.84. The molecule has 0 unspecified atom stereocenters. The topological polar surface area (TPSA) is 43.3 Å². The van der Waals surface area contributed by atoms with Crippen LogP contribution in [0.5, 0.6) is 0 Å². The molecule has 3 nitrogen and oxygen atoms in total. The molecule has 2 rings (SSSR count). The van der Waals surface area contributed by atoms with Crippen molar-refractivity contribution in [1.29, 1.82) is 0 Å². The van der Waals surface area contributed by atoms with E-state index in [0.29, 0.717) is 0 Å². The molecule has 0 saturated heterocycles. The summed E-state index contributed by atoms with van der Waals surface area (Å²) in [5, 5.41) is 0. The average Bonchev–Trinajstić information content (AvgIpc) is 2.32. The second-order valence-electron chi connectivity index (χ2n) is 2.29. The molecule has 56 valence electrons. The van der Waals surface area contributed by atoms with E-state index < -0.39 is 0 Å². The molecule has 2 heterocycles. The van der Waals surface area contributed by atoms with Gasteiger partial charge in [-0.3, -0.25) is 0 Å². The van der Waals surface area contributed by atoms with Crippen molar-refractivity contribution in [3.63, 3.8) is 0 Å². The highest BCUT2D eigenvalue weighted by molar-refractivity contribution is 14.1. The molecule has 2 aromatic heterocycles. The van der Waals surface area contributed by atoms with Crippen molar-refractivity contribution < 1.29 is 0 Å². The Kier molecular flexibility index (Phi) is 1.49. The van der Waals surface area contributed by atoms with Crippen molar-refractivity contribution in [1.82, 2.24) is 9.38 Å². The highest BCUT2D eigenvalue weighted by Crippen LogP contribution is 2.13. The Morgan fingerprint density at radius 3 is 3.09 bits per heavy atom. The van der Waals surface area contributed by atoms with Gasteiger partial charge in [0.1, 0.15) is 10.0 Å². The summed E-state index contributed by atoms with van der Waals surface area (Å²) < 4.78 is 2.92. The molecule has 0 radical (unpaired) electrons. The van der Waals surface area contributed by atoms with Gasteiger partial charge in [-0.05, 0) is 34.7 Å². The van der Waals surface area contributed by atoms with Crippen LogP contribution >= 0.6 is 22.6 Å². The summed E-state index contributed by atoms with van der Waals surface area (Å²) in [7, 11) is 0. The fraction of sp³-hybridized carbons (Fsp3) is 0. The first-order valence-corrected chi connectivity index (χ1v) is 4.23. The molecule has 2 aromatic rings. The average molecular weight is 259 g/mol. The van der Waals surface area contributed by atoms with Crippen molar-refractivity contribution >= 4 is 33.8 Å². The molecule has 0 aromatic carbocycles. The Morgan fingerprint density at radius 1 is 1.45 bits per heavy atom. The first kappa shape index (κ1) is 6.90. The van der Waals surface area contributed by atoms with Gasteiger partial charge in [-0.1, -0.05) is 0 Å². The Balaban J connectivity index is 2.86. The quantitative estimate of drug-likeness (QED) is 0.729. The monoisotopic (exact) mass is 259 g/mol. The number of nitrogen functional groups attached to an aromatic ring is 1. The summed E-state index contributed by atoms with van der Waals surface area (Å²) in [4.78, 5) is 4.13. The van der Waals surface area contributed by atoms with Crippen molar-refractivity contribution in [3.8, 4) is 0 Å². The molecule has 0 fully saturated rings. The van der Waals surface area contributed by atoms with E-state index in [2.05, 4.69) is 27.6 Å². The Bertz CT molecular complexity index is 393. The van der Waals surface area contributed by atoms with E-state index >= 15 is 0 Å². The van der Waals surface area contributed by atoms with E-state index in [0.717, 1.165) is 14.9 Å². The zero-order valence-corrected chi connectivity index (χ0v) is 7.82. The van der Waals surface area contributed by atoms with E-state index in [1.54, 1.807) is 6.33 Å². The van der Waals surface area contributed by atoms with Crippen LogP contribution in [0.15, 0.2) is 24.7 Å². The lowest BCUT2D eigenvalue weighted by Crippen LogP contribution is -1.88. The minimum atomic E-state index is 0.756. The smallest absolute Gasteiger partial charge is 0.127 e. The summed E-state index contributed by atoms with van der Waals surface area (Å²) in [5.74, 6) is 0. The van der Waals surface area contributed by atoms with Crippen LogP contribution in [0.3, 0.4) is 0 Å². The van der Waals surface area contributed by atoms with Gasteiger partial charge in [0.25, 0.3) is 0 Å². The number of hydrogen-bond acceptors (Lipinski definition) is 2. The van der Waals surface area contributed by atoms with Crippen molar-refractivity contribution in [2.45, 2.75) is 0 Å². The van der Waals surface area contributed by atoms with Crippen LogP contribution in [0, 0.1) is 3.70 Å². The standard InChI is InChI=1S/C7H6IN3/c8-7-6-2-1-5(9)3-11(6)4-10-7/h1-4H,9H2. The van der Waals surface area contributed by atoms with Crippen LogP contribution in [0.1, 0.15) is 0 Å².